The first-order valence-corrected chi connectivity index (χ1v) is 7.21. The molecule has 0 spiro atoms. The normalized spacial score (nSPS) is 17.7. The molecule has 3 heteroatoms. The minimum atomic E-state index is -0.119. The van der Waals surface area contributed by atoms with Gasteiger partial charge in [-0.1, -0.05) is 19.1 Å². The van der Waals surface area contributed by atoms with Gasteiger partial charge in [0, 0.05) is 18.0 Å². The lowest BCUT2D eigenvalue weighted by molar-refractivity contribution is 0.132. The predicted molar refractivity (Wildman–Crippen MR) is 77.8 cm³/mol. The zero-order valence-electron chi connectivity index (χ0n) is 12.2. The molecule has 0 saturated carbocycles. The van der Waals surface area contributed by atoms with Gasteiger partial charge in [-0.15, -0.1) is 0 Å². The van der Waals surface area contributed by atoms with Crippen LogP contribution in [0.25, 0.3) is 0 Å². The summed E-state index contributed by atoms with van der Waals surface area (Å²) < 4.78 is 11.8. The van der Waals surface area contributed by atoms with Crippen LogP contribution in [0, 0.1) is 0 Å². The Labute approximate surface area is 116 Å². The van der Waals surface area contributed by atoms with E-state index < -0.39 is 0 Å². The Morgan fingerprint density at radius 3 is 2.95 bits per heavy atom. The molecule has 1 unspecified atom stereocenters. The number of fused-ring (bicyclic) bond motifs is 1. The number of hydrogen-bond acceptors (Lipinski definition) is 3. The van der Waals surface area contributed by atoms with Gasteiger partial charge in [0.2, 0.25) is 0 Å². The summed E-state index contributed by atoms with van der Waals surface area (Å²) in [4.78, 5) is 0. The molecule has 19 heavy (non-hydrogen) atoms. The molecule has 0 aromatic heterocycles. The van der Waals surface area contributed by atoms with Crippen LogP contribution in [0.5, 0.6) is 11.5 Å². The van der Waals surface area contributed by atoms with Gasteiger partial charge >= 0.3 is 0 Å². The molecule has 1 aliphatic heterocycles. The lowest BCUT2D eigenvalue weighted by Gasteiger charge is -2.18. The van der Waals surface area contributed by atoms with Crippen molar-refractivity contribution in [2.75, 3.05) is 6.61 Å². The Bertz CT molecular complexity index is 429. The van der Waals surface area contributed by atoms with E-state index in [1.54, 1.807) is 0 Å². The van der Waals surface area contributed by atoms with Crippen molar-refractivity contribution in [2.45, 2.75) is 58.1 Å². The second-order valence-electron chi connectivity index (χ2n) is 5.94. The second-order valence-corrected chi connectivity index (χ2v) is 5.94. The molecular formula is C16H25NO2. The maximum atomic E-state index is 5.98. The van der Waals surface area contributed by atoms with E-state index in [0.29, 0.717) is 12.6 Å². The molecule has 106 valence electrons. The van der Waals surface area contributed by atoms with E-state index in [1.165, 1.54) is 5.56 Å². The molecule has 0 fully saturated rings. The molecule has 0 radical (unpaired) electrons. The van der Waals surface area contributed by atoms with Crippen LogP contribution in [0.15, 0.2) is 18.2 Å². The zero-order valence-corrected chi connectivity index (χ0v) is 12.2. The topological polar surface area (TPSA) is 44.5 Å². The Morgan fingerprint density at radius 1 is 1.42 bits per heavy atom. The molecule has 1 aromatic rings. The molecule has 2 N–H and O–H groups in total. The van der Waals surface area contributed by atoms with Gasteiger partial charge in [-0.25, -0.2) is 0 Å². The Morgan fingerprint density at radius 2 is 2.21 bits per heavy atom. The monoisotopic (exact) mass is 263 g/mol. The maximum Gasteiger partial charge on any atom is 0.165 e. The molecule has 0 aliphatic carbocycles. The lowest BCUT2D eigenvalue weighted by Crippen LogP contribution is -2.24. The molecule has 2 rings (SSSR count). The summed E-state index contributed by atoms with van der Waals surface area (Å²) in [6, 6.07) is 6.43. The predicted octanol–water partition coefficient (Wildman–Crippen LogP) is 3.30. The van der Waals surface area contributed by atoms with Crippen molar-refractivity contribution >= 4 is 0 Å². The van der Waals surface area contributed by atoms with E-state index in [9.17, 15) is 0 Å². The summed E-state index contributed by atoms with van der Waals surface area (Å²) in [5, 5.41) is 0. The number of ether oxygens (including phenoxy) is 2. The minimum Gasteiger partial charge on any atom is -0.490 e. The second kappa shape index (κ2) is 5.83. The van der Waals surface area contributed by atoms with Gasteiger partial charge in [0.05, 0.1) is 6.61 Å². The highest BCUT2D eigenvalue weighted by molar-refractivity contribution is 5.50. The number of para-hydroxylation sites is 1. The van der Waals surface area contributed by atoms with Gasteiger partial charge < -0.3 is 15.2 Å². The van der Waals surface area contributed by atoms with Gasteiger partial charge in [0.1, 0.15) is 5.60 Å². The van der Waals surface area contributed by atoms with Crippen LogP contribution in [0.3, 0.4) is 0 Å². The number of hydrogen-bond donors (Lipinski definition) is 1. The van der Waals surface area contributed by atoms with E-state index in [1.807, 2.05) is 12.1 Å². The smallest absolute Gasteiger partial charge is 0.165 e. The third-order valence-electron chi connectivity index (χ3n) is 3.56. The zero-order chi connectivity index (χ0) is 13.9. The van der Waals surface area contributed by atoms with Gasteiger partial charge in [-0.3, -0.25) is 0 Å². The Hall–Kier alpha value is -1.22. The summed E-state index contributed by atoms with van der Waals surface area (Å²) in [7, 11) is 0. The highest BCUT2D eigenvalue weighted by Crippen LogP contribution is 2.41. The van der Waals surface area contributed by atoms with Gasteiger partial charge in [0.25, 0.3) is 0 Å². The van der Waals surface area contributed by atoms with E-state index >= 15 is 0 Å². The van der Waals surface area contributed by atoms with Crippen molar-refractivity contribution in [3.8, 4) is 11.5 Å². The van der Waals surface area contributed by atoms with Crippen LogP contribution < -0.4 is 15.2 Å². The van der Waals surface area contributed by atoms with Crippen molar-refractivity contribution in [3.05, 3.63) is 23.8 Å². The van der Waals surface area contributed by atoms with Crippen molar-refractivity contribution in [1.82, 2.24) is 0 Å². The molecule has 0 bridgehead atoms. The van der Waals surface area contributed by atoms with Gasteiger partial charge in [-0.05, 0) is 39.2 Å². The van der Waals surface area contributed by atoms with Crippen molar-refractivity contribution in [2.24, 2.45) is 5.73 Å². The summed E-state index contributed by atoms with van der Waals surface area (Å²) in [5.41, 5.74) is 7.02. The van der Waals surface area contributed by atoms with E-state index in [-0.39, 0.29) is 5.60 Å². The summed E-state index contributed by atoms with van der Waals surface area (Å²) in [5.74, 6) is 1.79. The van der Waals surface area contributed by atoms with Crippen LogP contribution >= 0.6 is 0 Å². The van der Waals surface area contributed by atoms with Crippen LogP contribution in [-0.2, 0) is 6.42 Å². The standard InChI is InChI=1S/C16H25NO2/c1-4-13(17)8-6-10-18-14-9-5-7-12-11-16(2,3)19-15(12)14/h5,7,9,13H,4,6,8,10-11,17H2,1-3H3. The average Bonchev–Trinajstić information content (AvgIpc) is 2.68. The summed E-state index contributed by atoms with van der Waals surface area (Å²) >= 11 is 0. The molecule has 3 nitrogen and oxygen atoms in total. The fraction of sp³-hybridized carbons (Fsp3) is 0.625. The minimum absolute atomic E-state index is 0.119. The first-order chi connectivity index (χ1) is 9.02. The molecule has 1 heterocycles. The molecular weight excluding hydrogens is 238 g/mol. The average molecular weight is 263 g/mol. The first kappa shape index (κ1) is 14.2. The van der Waals surface area contributed by atoms with Gasteiger partial charge in [0.15, 0.2) is 11.5 Å². The molecule has 0 saturated heterocycles. The maximum absolute atomic E-state index is 5.98. The fourth-order valence-corrected chi connectivity index (χ4v) is 2.43. The molecule has 0 amide bonds. The Kier molecular flexibility index (Phi) is 4.35. The molecule has 1 aromatic carbocycles. The van der Waals surface area contributed by atoms with Crippen LogP contribution in [0.4, 0.5) is 0 Å². The highest BCUT2D eigenvalue weighted by Gasteiger charge is 2.32. The van der Waals surface area contributed by atoms with E-state index in [0.717, 1.165) is 37.2 Å². The van der Waals surface area contributed by atoms with Gasteiger partial charge in [-0.2, -0.15) is 0 Å². The van der Waals surface area contributed by atoms with Crippen LogP contribution in [-0.4, -0.2) is 18.2 Å². The first-order valence-electron chi connectivity index (χ1n) is 7.21. The lowest BCUT2D eigenvalue weighted by atomic mass is 10.0. The summed E-state index contributed by atoms with van der Waals surface area (Å²) in [6.45, 7) is 7.04. The van der Waals surface area contributed by atoms with Crippen molar-refractivity contribution in [1.29, 1.82) is 0 Å². The van der Waals surface area contributed by atoms with E-state index in [4.69, 9.17) is 15.2 Å². The highest BCUT2D eigenvalue weighted by atomic mass is 16.5. The third-order valence-corrected chi connectivity index (χ3v) is 3.56. The van der Waals surface area contributed by atoms with Crippen molar-refractivity contribution in [3.63, 3.8) is 0 Å². The molecule has 1 atom stereocenters. The fourth-order valence-electron chi connectivity index (χ4n) is 2.43. The third kappa shape index (κ3) is 3.63. The quantitative estimate of drug-likeness (QED) is 0.801. The van der Waals surface area contributed by atoms with Crippen LogP contribution in [0.1, 0.15) is 45.6 Å². The summed E-state index contributed by atoms with van der Waals surface area (Å²) in [6.07, 6.45) is 3.97. The van der Waals surface area contributed by atoms with Crippen molar-refractivity contribution < 1.29 is 9.47 Å². The number of benzene rings is 1. The van der Waals surface area contributed by atoms with E-state index in [2.05, 4.69) is 26.8 Å². The Balaban J connectivity index is 1.91. The SMILES string of the molecule is CCC(N)CCCOc1cccc2c1OC(C)(C)C2. The number of nitrogens with two attached hydrogens (primary N) is 1. The largest absolute Gasteiger partial charge is 0.490 e. The van der Waals surface area contributed by atoms with Crippen LogP contribution in [0.2, 0.25) is 0 Å². The number of rotatable bonds is 6. The molecule has 1 aliphatic rings.